The number of hydrogen-bond donors (Lipinski definition) is 0. The molecule has 0 saturated carbocycles. The fraction of sp³-hybridized carbons (Fsp3) is 0.429. The van der Waals surface area contributed by atoms with Crippen LogP contribution in [0.25, 0.3) is 0 Å². The molecule has 1 rings (SSSR count). The lowest BCUT2D eigenvalue weighted by Crippen LogP contribution is -2.19. The Morgan fingerprint density at radius 2 is 2.22 bits per heavy atom. The average Bonchev–Trinajstić information content (AvgIpc) is 1.90. The van der Waals surface area contributed by atoms with E-state index in [0.717, 1.165) is 11.8 Å². The minimum atomic E-state index is 0.182. The van der Waals surface area contributed by atoms with Gasteiger partial charge < -0.3 is 0 Å². The van der Waals surface area contributed by atoms with Gasteiger partial charge in [-0.25, -0.2) is 0 Å². The summed E-state index contributed by atoms with van der Waals surface area (Å²) in [6.07, 6.45) is 9.55. The van der Waals surface area contributed by atoms with Crippen molar-refractivity contribution in [2.45, 2.75) is 10.7 Å². The molecule has 0 aromatic rings. The number of allylic oxidation sites excluding steroid dienone is 4. The van der Waals surface area contributed by atoms with Crippen LogP contribution in [0.4, 0.5) is 0 Å². The zero-order valence-electron chi connectivity index (χ0n) is 4.98. The predicted molar refractivity (Wildman–Crippen MR) is 48.3 cm³/mol. The van der Waals surface area contributed by atoms with Crippen molar-refractivity contribution in [1.82, 2.24) is 0 Å². The minimum absolute atomic E-state index is 0.182. The van der Waals surface area contributed by atoms with Crippen LogP contribution in [0.3, 0.4) is 0 Å². The van der Waals surface area contributed by atoms with Crippen LogP contribution in [0.5, 0.6) is 0 Å². The first-order valence-corrected chi connectivity index (χ1v) is 4.77. The van der Waals surface area contributed by atoms with E-state index in [1.807, 2.05) is 0 Å². The zero-order chi connectivity index (χ0) is 6.74. The van der Waals surface area contributed by atoms with Gasteiger partial charge >= 0.3 is 0 Å². The van der Waals surface area contributed by atoms with Gasteiger partial charge in [-0.15, -0.1) is 0 Å². The fourth-order valence-corrected chi connectivity index (χ4v) is 1.49. The molecule has 0 aromatic heterocycles. The maximum absolute atomic E-state index is 3.61. The van der Waals surface area contributed by atoms with Crippen LogP contribution in [0.1, 0.15) is 6.42 Å². The smallest absolute Gasteiger partial charge is 0.0570 e. The molecule has 50 valence electrons. The molecule has 0 amide bonds. The second kappa shape index (κ2) is 3.02. The number of halogens is 2. The molecule has 0 N–H and O–H groups in total. The predicted octanol–water partition coefficient (Wildman–Crippen LogP) is 3.03. The van der Waals surface area contributed by atoms with Gasteiger partial charge in [0.05, 0.1) is 4.32 Å². The van der Waals surface area contributed by atoms with Crippen molar-refractivity contribution >= 4 is 31.9 Å². The average molecular weight is 252 g/mol. The van der Waals surface area contributed by atoms with Crippen LogP contribution in [0.15, 0.2) is 24.3 Å². The molecule has 0 nitrogen and oxygen atoms in total. The maximum atomic E-state index is 3.61. The molecule has 0 saturated heterocycles. The van der Waals surface area contributed by atoms with E-state index in [4.69, 9.17) is 0 Å². The Morgan fingerprint density at radius 3 is 2.56 bits per heavy atom. The molecular formula is C7H8Br2. The SMILES string of the molecule is BrCC1(Br)C=CC=CC1. The van der Waals surface area contributed by atoms with Crippen molar-refractivity contribution < 1.29 is 0 Å². The van der Waals surface area contributed by atoms with E-state index >= 15 is 0 Å². The van der Waals surface area contributed by atoms with Gasteiger partial charge in [0, 0.05) is 5.33 Å². The first kappa shape index (κ1) is 7.55. The van der Waals surface area contributed by atoms with Crippen molar-refractivity contribution in [1.29, 1.82) is 0 Å². The normalized spacial score (nSPS) is 33.1. The van der Waals surface area contributed by atoms with Gasteiger partial charge in [-0.05, 0) is 6.42 Å². The molecule has 1 unspecified atom stereocenters. The van der Waals surface area contributed by atoms with Crippen molar-refractivity contribution in [3.8, 4) is 0 Å². The van der Waals surface area contributed by atoms with Gasteiger partial charge in [-0.1, -0.05) is 56.2 Å². The van der Waals surface area contributed by atoms with Gasteiger partial charge in [0.25, 0.3) is 0 Å². The summed E-state index contributed by atoms with van der Waals surface area (Å²) in [6.45, 7) is 0. The number of hydrogen-bond acceptors (Lipinski definition) is 0. The molecule has 1 aliphatic rings. The molecule has 0 fully saturated rings. The van der Waals surface area contributed by atoms with E-state index in [1.54, 1.807) is 0 Å². The molecule has 1 aliphatic carbocycles. The van der Waals surface area contributed by atoms with E-state index in [0.29, 0.717) is 0 Å². The zero-order valence-corrected chi connectivity index (χ0v) is 8.15. The van der Waals surface area contributed by atoms with Crippen molar-refractivity contribution in [2.24, 2.45) is 0 Å². The lowest BCUT2D eigenvalue weighted by molar-refractivity contribution is 0.834. The molecule has 0 bridgehead atoms. The summed E-state index contributed by atoms with van der Waals surface area (Å²) < 4.78 is 0.182. The number of rotatable bonds is 1. The third kappa shape index (κ3) is 1.94. The highest BCUT2D eigenvalue weighted by atomic mass is 79.9. The van der Waals surface area contributed by atoms with E-state index in [1.165, 1.54) is 0 Å². The second-order valence-corrected chi connectivity index (χ2v) is 4.30. The van der Waals surface area contributed by atoms with Crippen molar-refractivity contribution in [3.05, 3.63) is 24.3 Å². The Bertz CT molecular complexity index is 149. The topological polar surface area (TPSA) is 0 Å². The number of alkyl halides is 2. The van der Waals surface area contributed by atoms with E-state index < -0.39 is 0 Å². The Labute approximate surface area is 72.3 Å². The van der Waals surface area contributed by atoms with Crippen LogP contribution in [0, 0.1) is 0 Å². The molecular weight excluding hydrogens is 244 g/mol. The summed E-state index contributed by atoms with van der Waals surface area (Å²) >= 11 is 7.04. The molecule has 0 aromatic carbocycles. The van der Waals surface area contributed by atoms with Gasteiger partial charge in [0.2, 0.25) is 0 Å². The third-order valence-electron chi connectivity index (χ3n) is 1.32. The van der Waals surface area contributed by atoms with Crippen LogP contribution in [-0.2, 0) is 0 Å². The van der Waals surface area contributed by atoms with E-state index in [-0.39, 0.29) is 4.32 Å². The molecule has 1 atom stereocenters. The lowest BCUT2D eigenvalue weighted by atomic mass is 10.0. The highest BCUT2D eigenvalue weighted by molar-refractivity contribution is 9.12. The Hall–Kier alpha value is 0.440. The standard InChI is InChI=1S/C7H8Br2/c8-6-7(9)4-2-1-3-5-7/h1-4H,5-6H2. The second-order valence-electron chi connectivity index (χ2n) is 2.16. The van der Waals surface area contributed by atoms with Gasteiger partial charge in [0.15, 0.2) is 0 Å². The van der Waals surface area contributed by atoms with Gasteiger partial charge in [-0.2, -0.15) is 0 Å². The van der Waals surface area contributed by atoms with Gasteiger partial charge in [-0.3, -0.25) is 0 Å². The van der Waals surface area contributed by atoms with Crippen LogP contribution in [-0.4, -0.2) is 9.65 Å². The molecule has 0 spiro atoms. The summed E-state index contributed by atoms with van der Waals surface area (Å²) in [4.78, 5) is 0. The van der Waals surface area contributed by atoms with E-state index in [2.05, 4.69) is 56.2 Å². The van der Waals surface area contributed by atoms with Crippen molar-refractivity contribution in [3.63, 3.8) is 0 Å². The summed E-state index contributed by atoms with van der Waals surface area (Å²) in [7, 11) is 0. The maximum Gasteiger partial charge on any atom is 0.0570 e. The Morgan fingerprint density at radius 1 is 1.44 bits per heavy atom. The monoisotopic (exact) mass is 250 g/mol. The summed E-state index contributed by atoms with van der Waals surface area (Å²) in [5.74, 6) is 0. The highest BCUT2D eigenvalue weighted by Gasteiger charge is 2.20. The first-order chi connectivity index (χ1) is 4.27. The first-order valence-electron chi connectivity index (χ1n) is 2.86. The Kier molecular flexibility index (Phi) is 2.53. The Balaban J connectivity index is 2.63. The molecule has 2 heteroatoms. The third-order valence-corrected chi connectivity index (χ3v) is 3.94. The lowest BCUT2D eigenvalue weighted by Gasteiger charge is -2.20. The van der Waals surface area contributed by atoms with E-state index in [9.17, 15) is 0 Å². The molecule has 9 heavy (non-hydrogen) atoms. The van der Waals surface area contributed by atoms with Crippen molar-refractivity contribution in [2.75, 3.05) is 5.33 Å². The van der Waals surface area contributed by atoms with Gasteiger partial charge in [0.1, 0.15) is 0 Å². The quantitative estimate of drug-likeness (QED) is 0.629. The van der Waals surface area contributed by atoms with Crippen LogP contribution < -0.4 is 0 Å². The summed E-state index contributed by atoms with van der Waals surface area (Å²) in [5, 5.41) is 0.973. The molecule has 0 heterocycles. The summed E-state index contributed by atoms with van der Waals surface area (Å²) in [6, 6.07) is 0. The molecule has 0 radical (unpaired) electrons. The summed E-state index contributed by atoms with van der Waals surface area (Å²) in [5.41, 5.74) is 0. The molecule has 0 aliphatic heterocycles. The van der Waals surface area contributed by atoms with Crippen LogP contribution in [0.2, 0.25) is 0 Å². The minimum Gasteiger partial charge on any atom is -0.0909 e. The fourth-order valence-electron chi connectivity index (χ4n) is 0.738. The largest absolute Gasteiger partial charge is 0.0909 e. The highest BCUT2D eigenvalue weighted by Crippen LogP contribution is 2.29. The van der Waals surface area contributed by atoms with Crippen LogP contribution >= 0.6 is 31.9 Å².